The number of nitrogen functional groups attached to an aromatic ring is 1. The van der Waals surface area contributed by atoms with Gasteiger partial charge in [-0.15, -0.1) is 0 Å². The summed E-state index contributed by atoms with van der Waals surface area (Å²) in [5.74, 6) is -0.563. The van der Waals surface area contributed by atoms with Gasteiger partial charge in [0.15, 0.2) is 6.61 Å². The molecule has 0 radical (unpaired) electrons. The molecule has 0 bridgehead atoms. The lowest BCUT2D eigenvalue weighted by molar-refractivity contribution is -0.118. The van der Waals surface area contributed by atoms with Crippen LogP contribution in [-0.2, 0) is 4.79 Å². The number of carbonyl (C=O) groups is 1. The Bertz CT molecular complexity index is 634. The molecule has 6 heteroatoms. The lowest BCUT2D eigenvalue weighted by atomic mass is 10.3. The fourth-order valence-corrected chi connectivity index (χ4v) is 1.67. The molecule has 0 atom stereocenters. The maximum Gasteiger partial charge on any atom is 0.262 e. The standard InChI is InChI=1S/C14H12ClFN2O2/c15-10-7-9(5-6-12(10)17)20-8-14(19)18-13-4-2-1-3-11(13)16/h1-7H,8,17H2,(H,18,19). The molecule has 2 aromatic carbocycles. The highest BCUT2D eigenvalue weighted by atomic mass is 35.5. The van der Waals surface area contributed by atoms with Crippen LogP contribution in [0.2, 0.25) is 5.02 Å². The van der Waals surface area contributed by atoms with Crippen molar-refractivity contribution < 1.29 is 13.9 Å². The largest absolute Gasteiger partial charge is 0.484 e. The summed E-state index contributed by atoms with van der Waals surface area (Å²) in [5.41, 5.74) is 6.09. The highest BCUT2D eigenvalue weighted by molar-refractivity contribution is 6.33. The van der Waals surface area contributed by atoms with Gasteiger partial charge in [0.1, 0.15) is 11.6 Å². The first-order valence-electron chi connectivity index (χ1n) is 5.78. The number of hydrogen-bond donors (Lipinski definition) is 2. The van der Waals surface area contributed by atoms with Crippen molar-refractivity contribution in [3.63, 3.8) is 0 Å². The Morgan fingerprint density at radius 1 is 1.30 bits per heavy atom. The second-order valence-electron chi connectivity index (χ2n) is 4.00. The number of carbonyl (C=O) groups excluding carboxylic acids is 1. The monoisotopic (exact) mass is 294 g/mol. The number of benzene rings is 2. The molecular formula is C14H12ClFN2O2. The summed E-state index contributed by atoms with van der Waals surface area (Å²) in [7, 11) is 0. The lowest BCUT2D eigenvalue weighted by Gasteiger charge is -2.09. The summed E-state index contributed by atoms with van der Waals surface area (Å²) in [6, 6.07) is 10.6. The van der Waals surface area contributed by atoms with Crippen molar-refractivity contribution in [2.24, 2.45) is 0 Å². The number of rotatable bonds is 4. The molecule has 0 saturated carbocycles. The van der Waals surface area contributed by atoms with Crippen molar-refractivity contribution in [2.45, 2.75) is 0 Å². The molecule has 2 rings (SSSR count). The molecule has 0 heterocycles. The van der Waals surface area contributed by atoms with E-state index in [0.29, 0.717) is 16.5 Å². The average Bonchev–Trinajstić information content (AvgIpc) is 2.43. The van der Waals surface area contributed by atoms with Crippen molar-refractivity contribution in [1.29, 1.82) is 0 Å². The van der Waals surface area contributed by atoms with E-state index in [1.54, 1.807) is 18.2 Å². The Balaban J connectivity index is 1.92. The summed E-state index contributed by atoms with van der Waals surface area (Å²) in [5, 5.41) is 2.75. The molecule has 3 N–H and O–H groups in total. The number of para-hydroxylation sites is 1. The second kappa shape index (κ2) is 6.25. The smallest absolute Gasteiger partial charge is 0.262 e. The molecule has 0 saturated heterocycles. The first kappa shape index (κ1) is 14.1. The number of ether oxygens (including phenoxy) is 1. The number of anilines is 2. The fraction of sp³-hybridized carbons (Fsp3) is 0.0714. The van der Waals surface area contributed by atoms with Crippen LogP contribution in [0, 0.1) is 5.82 Å². The van der Waals surface area contributed by atoms with Crippen LogP contribution in [0.4, 0.5) is 15.8 Å². The minimum absolute atomic E-state index is 0.108. The number of nitrogens with two attached hydrogens (primary N) is 1. The van der Waals surface area contributed by atoms with Gasteiger partial charge < -0.3 is 15.8 Å². The number of amides is 1. The highest BCUT2D eigenvalue weighted by Crippen LogP contribution is 2.24. The van der Waals surface area contributed by atoms with Crippen LogP contribution in [0.1, 0.15) is 0 Å². The highest BCUT2D eigenvalue weighted by Gasteiger charge is 2.07. The third kappa shape index (κ3) is 3.61. The maximum atomic E-state index is 13.3. The molecule has 0 fully saturated rings. The zero-order chi connectivity index (χ0) is 14.5. The predicted octanol–water partition coefficient (Wildman–Crippen LogP) is 3.08. The number of nitrogens with one attached hydrogen (secondary N) is 1. The van der Waals surface area contributed by atoms with Crippen LogP contribution in [0.15, 0.2) is 42.5 Å². The molecule has 0 unspecified atom stereocenters. The lowest BCUT2D eigenvalue weighted by Crippen LogP contribution is -2.20. The van der Waals surface area contributed by atoms with Gasteiger partial charge in [-0.25, -0.2) is 4.39 Å². The van der Waals surface area contributed by atoms with Gasteiger partial charge in [0.25, 0.3) is 5.91 Å². The third-order valence-electron chi connectivity index (χ3n) is 2.49. The van der Waals surface area contributed by atoms with E-state index in [2.05, 4.69) is 5.32 Å². The molecule has 2 aromatic rings. The van der Waals surface area contributed by atoms with Gasteiger partial charge in [0.05, 0.1) is 16.4 Å². The Morgan fingerprint density at radius 3 is 2.75 bits per heavy atom. The molecular weight excluding hydrogens is 283 g/mol. The SMILES string of the molecule is Nc1ccc(OCC(=O)Nc2ccccc2F)cc1Cl. The number of hydrogen-bond acceptors (Lipinski definition) is 3. The topological polar surface area (TPSA) is 64.3 Å². The van der Waals surface area contributed by atoms with Crippen LogP contribution in [0.25, 0.3) is 0 Å². The normalized spacial score (nSPS) is 10.1. The van der Waals surface area contributed by atoms with Crippen molar-refractivity contribution in [3.05, 3.63) is 53.3 Å². The summed E-state index contributed by atoms with van der Waals surface area (Å²) >= 11 is 5.82. The van der Waals surface area contributed by atoms with Gasteiger partial charge in [-0.3, -0.25) is 4.79 Å². The zero-order valence-corrected chi connectivity index (χ0v) is 11.2. The maximum absolute atomic E-state index is 13.3. The van der Waals surface area contributed by atoms with E-state index < -0.39 is 11.7 Å². The first-order chi connectivity index (χ1) is 9.56. The second-order valence-corrected chi connectivity index (χ2v) is 4.41. The van der Waals surface area contributed by atoms with Gasteiger partial charge in [-0.2, -0.15) is 0 Å². The molecule has 0 spiro atoms. The molecule has 0 aliphatic heterocycles. The number of halogens is 2. The first-order valence-corrected chi connectivity index (χ1v) is 6.16. The van der Waals surface area contributed by atoms with E-state index in [1.165, 1.54) is 24.3 Å². The fourth-order valence-electron chi connectivity index (χ4n) is 1.50. The summed E-state index contributed by atoms with van der Waals surface area (Å²) < 4.78 is 18.6. The quantitative estimate of drug-likeness (QED) is 0.852. The Hall–Kier alpha value is -2.27. The summed E-state index contributed by atoms with van der Waals surface area (Å²) in [6.45, 7) is -0.255. The molecule has 0 aliphatic carbocycles. The van der Waals surface area contributed by atoms with Crippen LogP contribution in [0.3, 0.4) is 0 Å². The molecule has 1 amide bonds. The molecule has 4 nitrogen and oxygen atoms in total. The molecule has 104 valence electrons. The van der Waals surface area contributed by atoms with Crippen molar-refractivity contribution >= 4 is 28.9 Å². The Morgan fingerprint density at radius 2 is 2.05 bits per heavy atom. The summed E-state index contributed by atoms with van der Waals surface area (Å²) in [4.78, 5) is 11.6. The van der Waals surface area contributed by atoms with Gasteiger partial charge >= 0.3 is 0 Å². The van der Waals surface area contributed by atoms with Gasteiger partial charge in [-0.05, 0) is 24.3 Å². The van der Waals surface area contributed by atoms with E-state index in [0.717, 1.165) is 0 Å². The van der Waals surface area contributed by atoms with Crippen LogP contribution >= 0.6 is 11.6 Å². The minimum atomic E-state index is -0.503. The van der Waals surface area contributed by atoms with Gasteiger partial charge in [-0.1, -0.05) is 23.7 Å². The van der Waals surface area contributed by atoms with E-state index >= 15 is 0 Å². The van der Waals surface area contributed by atoms with Crippen molar-refractivity contribution in [2.75, 3.05) is 17.7 Å². The van der Waals surface area contributed by atoms with Crippen LogP contribution in [-0.4, -0.2) is 12.5 Å². The molecule has 20 heavy (non-hydrogen) atoms. The average molecular weight is 295 g/mol. The van der Waals surface area contributed by atoms with Crippen molar-refractivity contribution in [3.8, 4) is 5.75 Å². The Labute approximate surface area is 120 Å². The van der Waals surface area contributed by atoms with E-state index in [4.69, 9.17) is 22.1 Å². The predicted molar refractivity (Wildman–Crippen MR) is 76.4 cm³/mol. The van der Waals surface area contributed by atoms with Crippen LogP contribution < -0.4 is 15.8 Å². The molecule has 0 aliphatic rings. The van der Waals surface area contributed by atoms with Crippen LogP contribution in [0.5, 0.6) is 5.75 Å². The van der Waals surface area contributed by atoms with E-state index in [9.17, 15) is 9.18 Å². The minimum Gasteiger partial charge on any atom is -0.484 e. The molecule has 0 aromatic heterocycles. The summed E-state index contributed by atoms with van der Waals surface area (Å²) in [6.07, 6.45) is 0. The van der Waals surface area contributed by atoms with Gasteiger partial charge in [0.2, 0.25) is 0 Å². The Kier molecular flexibility index (Phi) is 4.42. The van der Waals surface area contributed by atoms with Gasteiger partial charge in [0, 0.05) is 6.07 Å². The zero-order valence-electron chi connectivity index (χ0n) is 10.4. The van der Waals surface area contributed by atoms with E-state index in [-0.39, 0.29) is 12.3 Å². The van der Waals surface area contributed by atoms with E-state index in [1.807, 2.05) is 0 Å². The third-order valence-corrected chi connectivity index (χ3v) is 2.82. The van der Waals surface area contributed by atoms with Crippen molar-refractivity contribution in [1.82, 2.24) is 0 Å².